The van der Waals surface area contributed by atoms with E-state index in [0.717, 1.165) is 38.0 Å². The third-order valence-electron chi connectivity index (χ3n) is 5.75. The van der Waals surface area contributed by atoms with Crippen molar-refractivity contribution in [1.82, 2.24) is 14.8 Å². The van der Waals surface area contributed by atoms with Crippen LogP contribution in [0.25, 0.3) is 15.3 Å². The Morgan fingerprint density at radius 3 is 2.69 bits per heavy atom. The highest BCUT2D eigenvalue weighted by Crippen LogP contribution is 2.41. The number of anilines is 1. The van der Waals surface area contributed by atoms with Gasteiger partial charge in [0.2, 0.25) is 11.0 Å². The number of aryl methyl sites for hydroxylation is 4. The molecular weight excluding hydrogens is 380 g/mol. The molecular formula is C23H22N4OS. The summed E-state index contributed by atoms with van der Waals surface area (Å²) in [5.74, 6) is 0.764. The van der Waals surface area contributed by atoms with Crippen LogP contribution in [0.4, 0.5) is 5.82 Å². The van der Waals surface area contributed by atoms with E-state index in [1.807, 2.05) is 13.0 Å². The molecule has 0 fully saturated rings. The Morgan fingerprint density at radius 2 is 1.90 bits per heavy atom. The fourth-order valence-electron chi connectivity index (χ4n) is 4.06. The summed E-state index contributed by atoms with van der Waals surface area (Å²) in [6, 6.07) is 12.7. The number of aromatic nitrogens is 3. The fraction of sp³-hybridized carbons (Fsp3) is 0.261. The molecule has 6 heteroatoms. The van der Waals surface area contributed by atoms with Gasteiger partial charge in [-0.15, -0.1) is 0 Å². The van der Waals surface area contributed by atoms with E-state index in [0.29, 0.717) is 6.42 Å². The smallest absolute Gasteiger partial charge is 0.226 e. The van der Waals surface area contributed by atoms with Crippen LogP contribution >= 0.6 is 11.3 Å². The first-order valence-electron chi connectivity index (χ1n) is 9.75. The zero-order chi connectivity index (χ0) is 20.3. The summed E-state index contributed by atoms with van der Waals surface area (Å²) in [6.07, 6.45) is 0.432. The van der Waals surface area contributed by atoms with Crippen molar-refractivity contribution in [1.29, 1.82) is 0 Å². The lowest BCUT2D eigenvalue weighted by Gasteiger charge is -2.24. The normalized spacial score (nSPS) is 16.1. The van der Waals surface area contributed by atoms with Crippen molar-refractivity contribution in [3.63, 3.8) is 0 Å². The predicted octanol–water partition coefficient (Wildman–Crippen LogP) is 5.19. The fourth-order valence-corrected chi connectivity index (χ4v) is 5.08. The van der Waals surface area contributed by atoms with Crippen molar-refractivity contribution in [3.8, 4) is 5.13 Å². The van der Waals surface area contributed by atoms with Crippen molar-refractivity contribution in [3.05, 3.63) is 69.9 Å². The third-order valence-corrected chi connectivity index (χ3v) is 6.74. The maximum absolute atomic E-state index is 12.6. The molecule has 0 aliphatic carbocycles. The van der Waals surface area contributed by atoms with E-state index >= 15 is 0 Å². The number of hydrogen-bond acceptors (Lipinski definition) is 4. The molecule has 1 aliphatic heterocycles. The van der Waals surface area contributed by atoms with Crippen LogP contribution in [0.15, 0.2) is 36.4 Å². The van der Waals surface area contributed by atoms with Crippen molar-refractivity contribution in [2.24, 2.45) is 0 Å². The topological polar surface area (TPSA) is 59.8 Å². The van der Waals surface area contributed by atoms with E-state index in [9.17, 15) is 4.79 Å². The van der Waals surface area contributed by atoms with Gasteiger partial charge in [0.1, 0.15) is 5.82 Å². The Morgan fingerprint density at radius 1 is 1.07 bits per heavy atom. The predicted molar refractivity (Wildman–Crippen MR) is 117 cm³/mol. The second-order valence-electron chi connectivity index (χ2n) is 7.88. The standard InChI is InChI=1S/C23H22N4OS/c1-12-5-8-18-19(9-12)29-23(24-18)27-22-21(15(4)26-27)17(11-20(28)25-22)16-7-6-13(2)14(3)10-16/h5-10,17H,11H2,1-4H3,(H,25,28)/t17-/m1/s1. The molecule has 0 unspecified atom stereocenters. The Labute approximate surface area is 173 Å². The summed E-state index contributed by atoms with van der Waals surface area (Å²) < 4.78 is 2.92. The van der Waals surface area contributed by atoms with Crippen LogP contribution in [0.2, 0.25) is 0 Å². The van der Waals surface area contributed by atoms with Crippen LogP contribution in [-0.4, -0.2) is 20.7 Å². The summed E-state index contributed by atoms with van der Waals surface area (Å²) in [6.45, 7) is 8.31. The van der Waals surface area contributed by atoms with Crippen molar-refractivity contribution < 1.29 is 4.79 Å². The number of benzene rings is 2. The number of carbonyl (C=O) groups excluding carboxylic acids is 1. The lowest BCUT2D eigenvalue weighted by molar-refractivity contribution is -0.116. The molecule has 2 aromatic heterocycles. The number of hydrogen-bond donors (Lipinski definition) is 1. The van der Waals surface area contributed by atoms with Gasteiger partial charge < -0.3 is 5.32 Å². The van der Waals surface area contributed by atoms with Crippen LogP contribution in [0.3, 0.4) is 0 Å². The van der Waals surface area contributed by atoms with Crippen LogP contribution in [0, 0.1) is 27.7 Å². The van der Waals surface area contributed by atoms with E-state index in [-0.39, 0.29) is 11.8 Å². The van der Waals surface area contributed by atoms with E-state index in [2.05, 4.69) is 56.4 Å². The lowest BCUT2D eigenvalue weighted by atomic mass is 9.84. The highest BCUT2D eigenvalue weighted by Gasteiger charge is 2.33. The van der Waals surface area contributed by atoms with Gasteiger partial charge in [0.25, 0.3) is 0 Å². The molecule has 1 aliphatic rings. The summed E-state index contributed by atoms with van der Waals surface area (Å²) in [5.41, 5.74) is 7.82. The quantitative estimate of drug-likeness (QED) is 0.502. The highest BCUT2D eigenvalue weighted by atomic mass is 32.1. The maximum atomic E-state index is 12.6. The number of nitrogens with one attached hydrogen (secondary N) is 1. The zero-order valence-corrected chi connectivity index (χ0v) is 17.7. The highest BCUT2D eigenvalue weighted by molar-refractivity contribution is 7.20. The first-order valence-corrected chi connectivity index (χ1v) is 10.6. The van der Waals surface area contributed by atoms with Gasteiger partial charge in [0, 0.05) is 17.9 Å². The minimum Gasteiger partial charge on any atom is -0.310 e. The summed E-state index contributed by atoms with van der Waals surface area (Å²) in [7, 11) is 0. The molecule has 5 rings (SSSR count). The van der Waals surface area contributed by atoms with Gasteiger partial charge in [-0.2, -0.15) is 9.78 Å². The molecule has 2 aromatic carbocycles. The molecule has 3 heterocycles. The molecule has 1 amide bonds. The second-order valence-corrected chi connectivity index (χ2v) is 8.88. The zero-order valence-electron chi connectivity index (χ0n) is 16.9. The molecule has 4 aromatic rings. The van der Waals surface area contributed by atoms with E-state index in [4.69, 9.17) is 10.1 Å². The molecule has 0 bridgehead atoms. The van der Waals surface area contributed by atoms with Gasteiger partial charge in [0.05, 0.1) is 15.9 Å². The minimum absolute atomic E-state index is 0.00317. The van der Waals surface area contributed by atoms with E-state index < -0.39 is 0 Å². The SMILES string of the molecule is Cc1ccc2nc(-n3nc(C)c4c3NC(=O)C[C@@H]4c3ccc(C)c(C)c3)sc2c1. The van der Waals surface area contributed by atoms with Gasteiger partial charge in [-0.3, -0.25) is 4.79 Å². The first kappa shape index (κ1) is 18.1. The van der Waals surface area contributed by atoms with E-state index in [1.165, 1.54) is 16.7 Å². The number of rotatable bonds is 2. The summed E-state index contributed by atoms with van der Waals surface area (Å²) in [4.78, 5) is 17.4. The van der Waals surface area contributed by atoms with Crippen molar-refractivity contribution in [2.45, 2.75) is 40.0 Å². The van der Waals surface area contributed by atoms with Crippen LogP contribution in [0.1, 0.15) is 45.8 Å². The van der Waals surface area contributed by atoms with Crippen LogP contribution < -0.4 is 5.32 Å². The van der Waals surface area contributed by atoms with Crippen LogP contribution in [0.5, 0.6) is 0 Å². The monoisotopic (exact) mass is 402 g/mol. The molecule has 29 heavy (non-hydrogen) atoms. The molecule has 1 atom stereocenters. The summed E-state index contributed by atoms with van der Waals surface area (Å²) >= 11 is 1.59. The largest absolute Gasteiger partial charge is 0.310 e. The summed E-state index contributed by atoms with van der Waals surface area (Å²) in [5, 5.41) is 8.61. The Bertz CT molecular complexity index is 1280. The Hall–Kier alpha value is -2.99. The number of thiazole rings is 1. The van der Waals surface area contributed by atoms with Gasteiger partial charge in [0.15, 0.2) is 0 Å². The van der Waals surface area contributed by atoms with Crippen LogP contribution in [-0.2, 0) is 4.79 Å². The average molecular weight is 403 g/mol. The molecule has 1 N–H and O–H groups in total. The average Bonchev–Trinajstić information content (AvgIpc) is 3.24. The number of carbonyl (C=O) groups is 1. The minimum atomic E-state index is 0.00317. The number of nitrogens with zero attached hydrogens (tertiary/aromatic N) is 3. The molecule has 146 valence electrons. The van der Waals surface area contributed by atoms with Gasteiger partial charge in [-0.25, -0.2) is 4.98 Å². The maximum Gasteiger partial charge on any atom is 0.226 e. The molecule has 0 radical (unpaired) electrons. The number of fused-ring (bicyclic) bond motifs is 2. The van der Waals surface area contributed by atoms with Gasteiger partial charge in [-0.05, 0) is 62.1 Å². The Kier molecular flexibility index (Phi) is 4.06. The molecule has 0 saturated carbocycles. The second kappa shape index (κ2) is 6.52. The van der Waals surface area contributed by atoms with Crippen molar-refractivity contribution in [2.75, 3.05) is 5.32 Å². The molecule has 0 saturated heterocycles. The first-order chi connectivity index (χ1) is 13.9. The number of amides is 1. The van der Waals surface area contributed by atoms with Crippen molar-refractivity contribution >= 4 is 33.3 Å². The van der Waals surface area contributed by atoms with Gasteiger partial charge >= 0.3 is 0 Å². The molecule has 0 spiro atoms. The molecule has 5 nitrogen and oxygen atoms in total. The Balaban J connectivity index is 1.67. The van der Waals surface area contributed by atoms with E-state index in [1.54, 1.807) is 16.0 Å². The third kappa shape index (κ3) is 2.95. The lowest BCUT2D eigenvalue weighted by Crippen LogP contribution is -2.25. The van der Waals surface area contributed by atoms with Gasteiger partial charge in [-0.1, -0.05) is 35.6 Å².